The van der Waals surface area contributed by atoms with Gasteiger partial charge in [0, 0.05) is 49.3 Å². The van der Waals surface area contributed by atoms with Crippen molar-refractivity contribution < 1.29 is 9.18 Å². The van der Waals surface area contributed by atoms with Gasteiger partial charge in [0.1, 0.15) is 5.82 Å². The Kier molecular flexibility index (Phi) is 5.30. The van der Waals surface area contributed by atoms with E-state index in [0.29, 0.717) is 16.6 Å². The monoisotopic (exact) mass is 329 g/mol. The SMILES string of the molecule is O=C(NCCN1CCNCC1)c1cc(F)cc(Br)c1. The van der Waals surface area contributed by atoms with Gasteiger partial charge in [-0.25, -0.2) is 4.39 Å². The average molecular weight is 330 g/mol. The van der Waals surface area contributed by atoms with Crippen LogP contribution in [0.5, 0.6) is 0 Å². The zero-order valence-electron chi connectivity index (χ0n) is 10.6. The van der Waals surface area contributed by atoms with Crippen molar-refractivity contribution >= 4 is 21.8 Å². The van der Waals surface area contributed by atoms with Gasteiger partial charge in [-0.1, -0.05) is 15.9 Å². The normalized spacial score (nSPS) is 16.3. The van der Waals surface area contributed by atoms with Crippen LogP contribution in [0.1, 0.15) is 10.4 Å². The van der Waals surface area contributed by atoms with E-state index in [2.05, 4.69) is 31.5 Å². The Balaban J connectivity index is 1.80. The van der Waals surface area contributed by atoms with Crippen molar-refractivity contribution in [3.8, 4) is 0 Å². The number of halogens is 2. The van der Waals surface area contributed by atoms with E-state index in [1.807, 2.05) is 0 Å². The number of carbonyl (C=O) groups excluding carboxylic acids is 1. The van der Waals surface area contributed by atoms with Gasteiger partial charge in [-0.05, 0) is 18.2 Å². The Morgan fingerprint density at radius 1 is 1.37 bits per heavy atom. The number of nitrogens with zero attached hydrogens (tertiary/aromatic N) is 1. The number of carbonyl (C=O) groups is 1. The van der Waals surface area contributed by atoms with Gasteiger partial charge in [0.05, 0.1) is 0 Å². The Morgan fingerprint density at radius 3 is 2.79 bits per heavy atom. The molecule has 2 N–H and O–H groups in total. The predicted molar refractivity (Wildman–Crippen MR) is 75.7 cm³/mol. The molecule has 6 heteroatoms. The first-order chi connectivity index (χ1) is 9.15. The van der Waals surface area contributed by atoms with Crippen LogP contribution < -0.4 is 10.6 Å². The minimum Gasteiger partial charge on any atom is -0.351 e. The molecule has 1 amide bonds. The van der Waals surface area contributed by atoms with Crippen molar-refractivity contribution in [3.63, 3.8) is 0 Å². The first kappa shape index (κ1) is 14.4. The molecule has 2 rings (SSSR count). The summed E-state index contributed by atoms with van der Waals surface area (Å²) in [5, 5.41) is 6.09. The molecule has 0 aromatic heterocycles. The highest BCUT2D eigenvalue weighted by molar-refractivity contribution is 9.10. The molecule has 1 fully saturated rings. The lowest BCUT2D eigenvalue weighted by Crippen LogP contribution is -2.46. The predicted octanol–water partition coefficient (Wildman–Crippen LogP) is 1.22. The average Bonchev–Trinajstić information content (AvgIpc) is 2.38. The van der Waals surface area contributed by atoms with E-state index in [0.717, 1.165) is 32.7 Å². The number of hydrogen-bond donors (Lipinski definition) is 2. The quantitative estimate of drug-likeness (QED) is 0.873. The van der Waals surface area contributed by atoms with Crippen LogP contribution in [0.25, 0.3) is 0 Å². The van der Waals surface area contributed by atoms with Gasteiger partial charge >= 0.3 is 0 Å². The summed E-state index contributed by atoms with van der Waals surface area (Å²) in [5.74, 6) is -0.656. The molecule has 1 heterocycles. The van der Waals surface area contributed by atoms with Gasteiger partial charge in [-0.2, -0.15) is 0 Å². The zero-order chi connectivity index (χ0) is 13.7. The lowest BCUT2D eigenvalue weighted by molar-refractivity contribution is 0.0946. The summed E-state index contributed by atoms with van der Waals surface area (Å²) in [5.41, 5.74) is 0.340. The second kappa shape index (κ2) is 6.98. The molecule has 1 aliphatic heterocycles. The fourth-order valence-electron chi connectivity index (χ4n) is 2.05. The van der Waals surface area contributed by atoms with E-state index >= 15 is 0 Å². The van der Waals surface area contributed by atoms with Crippen LogP contribution in [0, 0.1) is 5.82 Å². The Hall–Kier alpha value is -0.980. The molecule has 0 spiro atoms. The number of piperazine rings is 1. The van der Waals surface area contributed by atoms with Crippen LogP contribution >= 0.6 is 15.9 Å². The third-order valence-electron chi connectivity index (χ3n) is 3.05. The number of hydrogen-bond acceptors (Lipinski definition) is 3. The summed E-state index contributed by atoms with van der Waals surface area (Å²) in [6.07, 6.45) is 0. The minimum absolute atomic E-state index is 0.240. The van der Waals surface area contributed by atoms with Crippen molar-refractivity contribution in [2.75, 3.05) is 39.3 Å². The largest absolute Gasteiger partial charge is 0.351 e. The van der Waals surface area contributed by atoms with Crippen molar-refractivity contribution in [3.05, 3.63) is 34.1 Å². The minimum atomic E-state index is -0.415. The summed E-state index contributed by atoms with van der Waals surface area (Å²) in [7, 11) is 0. The molecule has 0 aliphatic carbocycles. The second-order valence-corrected chi connectivity index (χ2v) is 5.42. The van der Waals surface area contributed by atoms with E-state index in [1.165, 1.54) is 12.1 Å². The third-order valence-corrected chi connectivity index (χ3v) is 3.51. The van der Waals surface area contributed by atoms with E-state index in [9.17, 15) is 9.18 Å². The standard InChI is InChI=1S/C13H17BrFN3O/c14-11-7-10(8-12(15)9-11)13(19)17-3-6-18-4-1-16-2-5-18/h7-9,16H,1-6H2,(H,17,19). The summed E-state index contributed by atoms with van der Waals surface area (Å²) in [4.78, 5) is 14.2. The van der Waals surface area contributed by atoms with Gasteiger partial charge in [0.25, 0.3) is 5.91 Å². The first-order valence-electron chi connectivity index (χ1n) is 6.32. The topological polar surface area (TPSA) is 44.4 Å². The van der Waals surface area contributed by atoms with Crippen LogP contribution in [0.4, 0.5) is 4.39 Å². The fourth-order valence-corrected chi connectivity index (χ4v) is 2.51. The van der Waals surface area contributed by atoms with E-state index in [4.69, 9.17) is 0 Å². The molecule has 0 saturated carbocycles. The third kappa shape index (κ3) is 4.56. The van der Waals surface area contributed by atoms with Crippen LogP contribution in [-0.2, 0) is 0 Å². The van der Waals surface area contributed by atoms with Crippen molar-refractivity contribution in [1.29, 1.82) is 0 Å². The fraction of sp³-hybridized carbons (Fsp3) is 0.462. The van der Waals surface area contributed by atoms with Gasteiger partial charge < -0.3 is 10.6 Å². The molecule has 1 aromatic rings. The van der Waals surface area contributed by atoms with Gasteiger partial charge in [0.15, 0.2) is 0 Å². The van der Waals surface area contributed by atoms with Gasteiger partial charge in [-0.3, -0.25) is 9.69 Å². The van der Waals surface area contributed by atoms with Gasteiger partial charge in [-0.15, -0.1) is 0 Å². The van der Waals surface area contributed by atoms with Crippen molar-refractivity contribution in [2.45, 2.75) is 0 Å². The zero-order valence-corrected chi connectivity index (χ0v) is 12.2. The van der Waals surface area contributed by atoms with Crippen molar-refractivity contribution in [2.24, 2.45) is 0 Å². The highest BCUT2D eigenvalue weighted by Crippen LogP contribution is 2.14. The highest BCUT2D eigenvalue weighted by Gasteiger charge is 2.11. The number of benzene rings is 1. The summed E-state index contributed by atoms with van der Waals surface area (Å²) < 4.78 is 13.7. The summed E-state index contributed by atoms with van der Waals surface area (Å²) in [6, 6.07) is 4.19. The molecule has 1 aliphatic rings. The molecule has 1 saturated heterocycles. The highest BCUT2D eigenvalue weighted by atomic mass is 79.9. The molecule has 0 unspecified atom stereocenters. The molecule has 0 atom stereocenters. The second-order valence-electron chi connectivity index (χ2n) is 4.51. The lowest BCUT2D eigenvalue weighted by Gasteiger charge is -2.27. The Labute approximate surface area is 120 Å². The van der Waals surface area contributed by atoms with Crippen LogP contribution in [0.3, 0.4) is 0 Å². The molecular weight excluding hydrogens is 313 g/mol. The maximum atomic E-state index is 13.2. The van der Waals surface area contributed by atoms with Crippen molar-refractivity contribution in [1.82, 2.24) is 15.5 Å². The van der Waals surface area contributed by atoms with Crippen LogP contribution in [-0.4, -0.2) is 50.1 Å². The molecule has 104 valence electrons. The molecule has 19 heavy (non-hydrogen) atoms. The lowest BCUT2D eigenvalue weighted by atomic mass is 10.2. The maximum absolute atomic E-state index is 13.2. The smallest absolute Gasteiger partial charge is 0.251 e. The molecular formula is C13H17BrFN3O. The molecule has 0 radical (unpaired) electrons. The van der Waals surface area contributed by atoms with Crippen LogP contribution in [0.2, 0.25) is 0 Å². The maximum Gasteiger partial charge on any atom is 0.251 e. The summed E-state index contributed by atoms with van der Waals surface area (Å²) >= 11 is 3.18. The van der Waals surface area contributed by atoms with E-state index in [1.54, 1.807) is 6.07 Å². The molecule has 0 bridgehead atoms. The molecule has 1 aromatic carbocycles. The van der Waals surface area contributed by atoms with Crippen LogP contribution in [0.15, 0.2) is 22.7 Å². The molecule has 4 nitrogen and oxygen atoms in total. The number of rotatable bonds is 4. The first-order valence-corrected chi connectivity index (χ1v) is 7.12. The Bertz CT molecular complexity index is 429. The number of amides is 1. The van der Waals surface area contributed by atoms with E-state index in [-0.39, 0.29) is 5.91 Å². The Morgan fingerprint density at radius 2 is 2.11 bits per heavy atom. The van der Waals surface area contributed by atoms with Gasteiger partial charge in [0.2, 0.25) is 0 Å². The summed E-state index contributed by atoms with van der Waals surface area (Å²) in [6.45, 7) is 5.38. The number of nitrogens with one attached hydrogen (secondary N) is 2. The van der Waals surface area contributed by atoms with E-state index < -0.39 is 5.82 Å².